The smallest absolute Gasteiger partial charge is 0.322 e. The average molecular weight is 348 g/mol. The highest BCUT2D eigenvalue weighted by atomic mass is 16.5. The molecule has 1 aromatic carbocycles. The van der Waals surface area contributed by atoms with Gasteiger partial charge in [-0.05, 0) is 46.0 Å². The Morgan fingerprint density at radius 2 is 2.00 bits per heavy atom. The van der Waals surface area contributed by atoms with Crippen LogP contribution in [0.1, 0.15) is 19.8 Å². The number of nitrogens with one attached hydrogen (secondary N) is 1. The highest BCUT2D eigenvalue weighted by Gasteiger charge is 2.23. The summed E-state index contributed by atoms with van der Waals surface area (Å²) < 4.78 is 5.73. The summed E-state index contributed by atoms with van der Waals surface area (Å²) in [7, 11) is 6.07. The molecule has 0 spiro atoms. The molecule has 0 unspecified atom stereocenters. The molecular formula is C19H32N4O2. The Balaban J connectivity index is 2.07. The zero-order valence-corrected chi connectivity index (χ0v) is 16.0. The minimum absolute atomic E-state index is 0.0608. The van der Waals surface area contributed by atoms with Gasteiger partial charge in [0.05, 0.1) is 17.5 Å². The maximum atomic E-state index is 12.9. The number of benzene rings is 1. The Morgan fingerprint density at radius 1 is 1.24 bits per heavy atom. The first-order valence-electron chi connectivity index (χ1n) is 9.13. The molecule has 2 amide bonds. The van der Waals surface area contributed by atoms with Crippen molar-refractivity contribution in [2.45, 2.75) is 25.9 Å². The van der Waals surface area contributed by atoms with Crippen molar-refractivity contribution < 1.29 is 9.53 Å². The molecule has 1 N–H and O–H groups in total. The third-order valence-corrected chi connectivity index (χ3v) is 4.58. The molecule has 1 aliphatic heterocycles. The van der Waals surface area contributed by atoms with Gasteiger partial charge in [0.15, 0.2) is 0 Å². The van der Waals surface area contributed by atoms with Gasteiger partial charge in [-0.3, -0.25) is 0 Å². The summed E-state index contributed by atoms with van der Waals surface area (Å²) in [5.74, 6) is 0. The first-order chi connectivity index (χ1) is 12.0. The van der Waals surface area contributed by atoms with Gasteiger partial charge in [-0.25, -0.2) is 4.79 Å². The van der Waals surface area contributed by atoms with Gasteiger partial charge in [-0.1, -0.05) is 12.1 Å². The Hall–Kier alpha value is -1.79. The van der Waals surface area contributed by atoms with Crippen molar-refractivity contribution in [3.63, 3.8) is 0 Å². The molecule has 1 fully saturated rings. The second-order valence-electron chi connectivity index (χ2n) is 6.85. The van der Waals surface area contributed by atoms with Crippen LogP contribution in [0.5, 0.6) is 0 Å². The lowest BCUT2D eigenvalue weighted by Gasteiger charge is -2.28. The van der Waals surface area contributed by atoms with E-state index in [1.165, 1.54) is 0 Å². The molecule has 1 saturated heterocycles. The number of nitrogens with zero attached hydrogens (tertiary/aromatic N) is 3. The van der Waals surface area contributed by atoms with Crippen molar-refractivity contribution in [1.82, 2.24) is 9.80 Å². The lowest BCUT2D eigenvalue weighted by molar-refractivity contribution is 0.0820. The number of ether oxygens (including phenoxy) is 1. The van der Waals surface area contributed by atoms with Gasteiger partial charge in [0, 0.05) is 39.8 Å². The van der Waals surface area contributed by atoms with Gasteiger partial charge in [-0.15, -0.1) is 0 Å². The number of hydrogen-bond donors (Lipinski definition) is 1. The molecule has 25 heavy (non-hydrogen) atoms. The molecule has 1 aliphatic rings. The second-order valence-corrected chi connectivity index (χ2v) is 6.85. The molecule has 1 atom stereocenters. The maximum Gasteiger partial charge on any atom is 0.322 e. The van der Waals surface area contributed by atoms with Crippen molar-refractivity contribution in [3.05, 3.63) is 24.3 Å². The van der Waals surface area contributed by atoms with Gasteiger partial charge >= 0.3 is 6.03 Å². The lowest BCUT2D eigenvalue weighted by atomic mass is 10.2. The number of carbonyl (C=O) groups excluding carboxylic acids is 1. The number of urea groups is 1. The summed E-state index contributed by atoms with van der Waals surface area (Å²) >= 11 is 0. The highest BCUT2D eigenvalue weighted by Crippen LogP contribution is 2.25. The van der Waals surface area contributed by atoms with E-state index in [-0.39, 0.29) is 12.1 Å². The standard InChI is InChI=1S/C19H32N4O2/c1-5-22(4)18-11-7-6-10-17(18)20-19(24)23(13-12-21(2)3)15-16-9-8-14-25-16/h6-7,10-11,16H,5,8-9,12-15H2,1-4H3,(H,20,24)/t16-/m0/s1. The minimum atomic E-state index is -0.0608. The van der Waals surface area contributed by atoms with Crippen LogP contribution < -0.4 is 10.2 Å². The van der Waals surface area contributed by atoms with Crippen LogP contribution in [-0.4, -0.2) is 75.9 Å². The maximum absolute atomic E-state index is 12.9. The average Bonchev–Trinajstić information content (AvgIpc) is 3.11. The monoisotopic (exact) mass is 348 g/mol. The number of anilines is 2. The number of carbonyl (C=O) groups is 1. The van der Waals surface area contributed by atoms with E-state index in [2.05, 4.69) is 22.0 Å². The molecule has 0 bridgehead atoms. The fourth-order valence-electron chi connectivity index (χ4n) is 2.91. The first kappa shape index (κ1) is 19.5. The molecule has 0 aliphatic carbocycles. The van der Waals surface area contributed by atoms with E-state index in [4.69, 9.17) is 4.74 Å². The third-order valence-electron chi connectivity index (χ3n) is 4.58. The minimum Gasteiger partial charge on any atom is -0.376 e. The fraction of sp³-hybridized carbons (Fsp3) is 0.632. The molecule has 1 heterocycles. The van der Waals surface area contributed by atoms with Crippen LogP contribution in [0.4, 0.5) is 16.2 Å². The van der Waals surface area contributed by atoms with E-state index in [0.29, 0.717) is 13.1 Å². The van der Waals surface area contributed by atoms with E-state index >= 15 is 0 Å². The quantitative estimate of drug-likeness (QED) is 0.785. The van der Waals surface area contributed by atoms with E-state index in [0.717, 1.165) is 43.9 Å². The molecule has 0 aromatic heterocycles. The molecule has 6 nitrogen and oxygen atoms in total. The number of para-hydroxylation sites is 2. The topological polar surface area (TPSA) is 48.1 Å². The molecular weight excluding hydrogens is 316 g/mol. The number of likely N-dealkylation sites (N-methyl/N-ethyl adjacent to an activating group) is 1. The van der Waals surface area contributed by atoms with Gasteiger partial charge in [-0.2, -0.15) is 0 Å². The van der Waals surface area contributed by atoms with E-state index < -0.39 is 0 Å². The Morgan fingerprint density at radius 3 is 2.64 bits per heavy atom. The summed E-state index contributed by atoms with van der Waals surface area (Å²) in [4.78, 5) is 19.0. The number of hydrogen-bond acceptors (Lipinski definition) is 4. The molecule has 2 rings (SSSR count). The van der Waals surface area contributed by atoms with Crippen molar-refractivity contribution in [2.75, 3.05) is 64.1 Å². The number of rotatable bonds is 8. The molecule has 0 saturated carbocycles. The van der Waals surface area contributed by atoms with Crippen LogP contribution in [-0.2, 0) is 4.74 Å². The zero-order valence-electron chi connectivity index (χ0n) is 16.0. The fourth-order valence-corrected chi connectivity index (χ4v) is 2.91. The zero-order chi connectivity index (χ0) is 18.2. The van der Waals surface area contributed by atoms with Gasteiger partial charge < -0.3 is 24.8 Å². The van der Waals surface area contributed by atoms with Crippen molar-refractivity contribution in [2.24, 2.45) is 0 Å². The lowest BCUT2D eigenvalue weighted by Crippen LogP contribution is -2.43. The second kappa shape index (κ2) is 9.63. The summed E-state index contributed by atoms with van der Waals surface area (Å²) in [5.41, 5.74) is 1.88. The highest BCUT2D eigenvalue weighted by molar-refractivity contribution is 5.93. The van der Waals surface area contributed by atoms with Crippen LogP contribution >= 0.6 is 0 Å². The molecule has 6 heteroatoms. The van der Waals surface area contributed by atoms with Gasteiger partial charge in [0.2, 0.25) is 0 Å². The van der Waals surface area contributed by atoms with E-state index in [1.54, 1.807) is 0 Å². The Labute approximate surface area is 151 Å². The predicted octanol–water partition coefficient (Wildman–Crippen LogP) is 2.72. The van der Waals surface area contributed by atoms with E-state index in [1.807, 2.05) is 50.3 Å². The Bertz CT molecular complexity index is 544. The summed E-state index contributed by atoms with van der Waals surface area (Å²) in [6, 6.07) is 7.87. The predicted molar refractivity (Wildman–Crippen MR) is 104 cm³/mol. The van der Waals surface area contributed by atoms with Crippen LogP contribution in [0.2, 0.25) is 0 Å². The van der Waals surface area contributed by atoms with Crippen molar-refractivity contribution >= 4 is 17.4 Å². The summed E-state index contributed by atoms with van der Waals surface area (Å²) in [5, 5.41) is 3.09. The van der Waals surface area contributed by atoms with Gasteiger partial charge in [0.25, 0.3) is 0 Å². The van der Waals surface area contributed by atoms with Crippen LogP contribution in [0, 0.1) is 0 Å². The van der Waals surface area contributed by atoms with Crippen LogP contribution in [0.15, 0.2) is 24.3 Å². The molecule has 0 radical (unpaired) electrons. The number of amides is 2. The normalized spacial score (nSPS) is 16.9. The molecule has 140 valence electrons. The third kappa shape index (κ3) is 5.90. The van der Waals surface area contributed by atoms with Crippen molar-refractivity contribution in [3.8, 4) is 0 Å². The molecule has 1 aromatic rings. The first-order valence-corrected chi connectivity index (χ1v) is 9.13. The summed E-state index contributed by atoms with van der Waals surface area (Å²) in [6.07, 6.45) is 2.26. The van der Waals surface area contributed by atoms with E-state index in [9.17, 15) is 4.79 Å². The largest absolute Gasteiger partial charge is 0.376 e. The van der Waals surface area contributed by atoms with Crippen LogP contribution in [0.3, 0.4) is 0 Å². The summed E-state index contributed by atoms with van der Waals surface area (Å²) in [6.45, 7) is 5.94. The van der Waals surface area contributed by atoms with Crippen molar-refractivity contribution in [1.29, 1.82) is 0 Å². The van der Waals surface area contributed by atoms with Crippen LogP contribution in [0.25, 0.3) is 0 Å². The van der Waals surface area contributed by atoms with Gasteiger partial charge in [0.1, 0.15) is 0 Å². The Kier molecular flexibility index (Phi) is 7.52. The SMILES string of the molecule is CCN(C)c1ccccc1NC(=O)N(CCN(C)C)C[C@@H]1CCCO1.